The van der Waals surface area contributed by atoms with Crippen molar-refractivity contribution in [2.24, 2.45) is 11.3 Å². The highest BCUT2D eigenvalue weighted by molar-refractivity contribution is 5.89. The van der Waals surface area contributed by atoms with E-state index in [9.17, 15) is 14.9 Å². The zero-order valence-electron chi connectivity index (χ0n) is 14.1. The van der Waals surface area contributed by atoms with Crippen molar-refractivity contribution in [1.29, 1.82) is 5.26 Å². The number of hydrogen-bond acceptors (Lipinski definition) is 4. The fraction of sp³-hybridized carbons (Fsp3) is 0.812. The molecule has 21 heavy (non-hydrogen) atoms. The molecule has 0 aromatic rings. The second kappa shape index (κ2) is 5.32. The summed E-state index contributed by atoms with van der Waals surface area (Å²) < 4.78 is 5.40. The maximum atomic E-state index is 12.3. The summed E-state index contributed by atoms with van der Waals surface area (Å²) in [4.78, 5) is 26.1. The first kappa shape index (κ1) is 17.5. The average molecular weight is 294 g/mol. The third-order valence-electron chi connectivity index (χ3n) is 4.08. The third kappa shape index (κ3) is 3.75. The summed E-state index contributed by atoms with van der Waals surface area (Å²) in [5.74, 6) is -0.719. The van der Waals surface area contributed by atoms with Crippen LogP contribution < -0.4 is 0 Å². The van der Waals surface area contributed by atoms with Gasteiger partial charge in [0.25, 0.3) is 0 Å². The summed E-state index contributed by atoms with van der Waals surface area (Å²) in [7, 11) is 1.67. The van der Waals surface area contributed by atoms with Crippen molar-refractivity contribution in [3.63, 3.8) is 0 Å². The number of nitriles is 1. The summed E-state index contributed by atoms with van der Waals surface area (Å²) in [5, 5.41) is 9.23. The number of amides is 1. The quantitative estimate of drug-likeness (QED) is 0.745. The highest BCUT2D eigenvalue weighted by Crippen LogP contribution is 2.44. The van der Waals surface area contributed by atoms with Gasteiger partial charge in [-0.3, -0.25) is 4.79 Å². The molecular formula is C16H26N2O3. The maximum Gasteiger partial charge on any atom is 0.410 e. The Bertz CT molecular complexity index is 485. The molecule has 2 unspecified atom stereocenters. The van der Waals surface area contributed by atoms with Crippen LogP contribution in [0.5, 0.6) is 0 Å². The van der Waals surface area contributed by atoms with E-state index < -0.39 is 28.6 Å². The minimum Gasteiger partial charge on any atom is -0.444 e. The second-order valence-electron chi connectivity index (χ2n) is 7.85. The molecule has 2 atom stereocenters. The lowest BCUT2D eigenvalue weighted by Gasteiger charge is -2.48. The van der Waals surface area contributed by atoms with Gasteiger partial charge in [0, 0.05) is 18.0 Å². The predicted octanol–water partition coefficient (Wildman–Crippen LogP) is 3.14. The van der Waals surface area contributed by atoms with Crippen LogP contribution >= 0.6 is 0 Å². The van der Waals surface area contributed by atoms with E-state index in [0.717, 1.165) is 0 Å². The van der Waals surface area contributed by atoms with E-state index in [2.05, 4.69) is 6.07 Å². The van der Waals surface area contributed by atoms with Crippen molar-refractivity contribution in [3.8, 4) is 6.07 Å². The normalized spacial score (nSPS) is 28.7. The number of rotatable bonds is 1. The van der Waals surface area contributed by atoms with Gasteiger partial charge in [0.2, 0.25) is 0 Å². The summed E-state index contributed by atoms with van der Waals surface area (Å²) in [6.07, 6.45) is 0.445. The van der Waals surface area contributed by atoms with Gasteiger partial charge in [-0.05, 0) is 40.5 Å². The first-order chi connectivity index (χ1) is 9.32. The Morgan fingerprint density at radius 3 is 2.33 bits per heavy atom. The van der Waals surface area contributed by atoms with Gasteiger partial charge in [0.15, 0.2) is 5.78 Å². The smallest absolute Gasteiger partial charge is 0.410 e. The molecule has 0 heterocycles. The molecule has 0 radical (unpaired) electrons. The summed E-state index contributed by atoms with van der Waals surface area (Å²) in [6.45, 7) is 11.0. The van der Waals surface area contributed by atoms with Crippen LogP contribution in [-0.2, 0) is 9.53 Å². The van der Waals surface area contributed by atoms with E-state index in [1.165, 1.54) is 4.90 Å². The Hall–Kier alpha value is -1.57. The van der Waals surface area contributed by atoms with Crippen LogP contribution in [0.2, 0.25) is 0 Å². The first-order valence-corrected chi connectivity index (χ1v) is 7.23. The van der Waals surface area contributed by atoms with Crippen molar-refractivity contribution in [2.75, 3.05) is 7.05 Å². The molecule has 5 heteroatoms. The fourth-order valence-electron chi connectivity index (χ4n) is 3.03. The lowest BCUT2D eigenvalue weighted by molar-refractivity contribution is -0.137. The van der Waals surface area contributed by atoms with E-state index in [4.69, 9.17) is 4.74 Å². The van der Waals surface area contributed by atoms with Crippen LogP contribution in [-0.4, -0.2) is 35.0 Å². The van der Waals surface area contributed by atoms with E-state index in [0.29, 0.717) is 12.8 Å². The summed E-state index contributed by atoms with van der Waals surface area (Å²) in [6, 6.07) is 2.08. The van der Waals surface area contributed by atoms with Crippen LogP contribution in [0.4, 0.5) is 4.79 Å². The molecule has 0 aromatic heterocycles. The van der Waals surface area contributed by atoms with E-state index >= 15 is 0 Å². The zero-order valence-corrected chi connectivity index (χ0v) is 14.1. The average Bonchev–Trinajstić information content (AvgIpc) is 2.30. The topological polar surface area (TPSA) is 70.4 Å². The van der Waals surface area contributed by atoms with Crippen LogP contribution in [0.1, 0.15) is 54.4 Å². The molecule has 0 aliphatic heterocycles. The van der Waals surface area contributed by atoms with Crippen molar-refractivity contribution in [2.45, 2.75) is 65.5 Å². The first-order valence-electron chi connectivity index (χ1n) is 7.23. The largest absolute Gasteiger partial charge is 0.444 e. The standard InChI is InChI=1S/C16H26N2O3/c1-14(2,3)21-13(20)18(7)16(6)8-11(9-17)12(19)15(4,5)10-16/h11H,8,10H2,1-7H3. The Morgan fingerprint density at radius 1 is 1.38 bits per heavy atom. The molecule has 0 saturated heterocycles. The lowest BCUT2D eigenvalue weighted by Crippen LogP contribution is -2.57. The molecule has 5 nitrogen and oxygen atoms in total. The second-order valence-corrected chi connectivity index (χ2v) is 7.85. The van der Waals surface area contributed by atoms with Crippen molar-refractivity contribution >= 4 is 11.9 Å². The number of nitrogens with zero attached hydrogens (tertiary/aromatic N) is 2. The molecule has 0 spiro atoms. The van der Waals surface area contributed by atoms with Gasteiger partial charge in [-0.1, -0.05) is 13.8 Å². The molecule has 0 bridgehead atoms. The van der Waals surface area contributed by atoms with Gasteiger partial charge < -0.3 is 9.64 Å². The molecule has 1 aliphatic rings. The van der Waals surface area contributed by atoms with Crippen molar-refractivity contribution in [1.82, 2.24) is 4.90 Å². The van der Waals surface area contributed by atoms with Gasteiger partial charge in [0.1, 0.15) is 11.5 Å². The number of Topliss-reactive ketones (excluding diaryl/α,β-unsaturated/α-hetero) is 1. The highest BCUT2D eigenvalue weighted by Gasteiger charge is 2.50. The molecule has 0 aromatic carbocycles. The van der Waals surface area contributed by atoms with E-state index in [1.807, 2.05) is 41.5 Å². The van der Waals surface area contributed by atoms with E-state index in [-0.39, 0.29) is 5.78 Å². The molecular weight excluding hydrogens is 268 g/mol. The number of ketones is 1. The van der Waals surface area contributed by atoms with Gasteiger partial charge >= 0.3 is 6.09 Å². The summed E-state index contributed by atoms with van der Waals surface area (Å²) >= 11 is 0. The van der Waals surface area contributed by atoms with Crippen LogP contribution in [0.3, 0.4) is 0 Å². The SMILES string of the molecule is CN(C(=O)OC(C)(C)C)C1(C)CC(C#N)C(=O)C(C)(C)C1. The minimum atomic E-state index is -0.677. The van der Waals surface area contributed by atoms with Crippen LogP contribution in [0, 0.1) is 22.7 Å². The van der Waals surface area contributed by atoms with Crippen LogP contribution in [0.15, 0.2) is 0 Å². The molecule has 0 N–H and O–H groups in total. The Balaban J connectivity index is 3.02. The van der Waals surface area contributed by atoms with E-state index in [1.54, 1.807) is 7.05 Å². The van der Waals surface area contributed by atoms with Gasteiger partial charge in [-0.2, -0.15) is 5.26 Å². The number of carbonyl (C=O) groups is 2. The highest BCUT2D eigenvalue weighted by atomic mass is 16.6. The van der Waals surface area contributed by atoms with Gasteiger partial charge in [-0.15, -0.1) is 0 Å². The molecule has 1 rings (SSSR count). The van der Waals surface area contributed by atoms with Gasteiger partial charge in [-0.25, -0.2) is 4.79 Å². The Kier molecular flexibility index (Phi) is 4.43. The van der Waals surface area contributed by atoms with Crippen molar-refractivity contribution in [3.05, 3.63) is 0 Å². The Morgan fingerprint density at radius 2 is 1.90 bits per heavy atom. The number of ether oxygens (including phenoxy) is 1. The molecule has 1 saturated carbocycles. The maximum absolute atomic E-state index is 12.3. The zero-order chi connectivity index (χ0) is 16.6. The minimum absolute atomic E-state index is 0.0416. The third-order valence-corrected chi connectivity index (χ3v) is 4.08. The Labute approximate surface area is 127 Å². The lowest BCUT2D eigenvalue weighted by atomic mass is 9.63. The fourth-order valence-corrected chi connectivity index (χ4v) is 3.03. The molecule has 118 valence electrons. The monoisotopic (exact) mass is 294 g/mol. The number of carbonyl (C=O) groups excluding carboxylic acids is 2. The summed E-state index contributed by atoms with van der Waals surface area (Å²) in [5.41, 5.74) is -1.76. The van der Waals surface area contributed by atoms with Crippen LogP contribution in [0.25, 0.3) is 0 Å². The predicted molar refractivity (Wildman–Crippen MR) is 79.5 cm³/mol. The molecule has 1 fully saturated rings. The van der Waals surface area contributed by atoms with Crippen molar-refractivity contribution < 1.29 is 14.3 Å². The molecule has 1 aliphatic carbocycles. The molecule has 1 amide bonds. The number of hydrogen-bond donors (Lipinski definition) is 0. The van der Waals surface area contributed by atoms with Gasteiger partial charge in [0.05, 0.1) is 6.07 Å².